The van der Waals surface area contributed by atoms with E-state index in [1.54, 1.807) is 0 Å². The van der Waals surface area contributed by atoms with Gasteiger partial charge in [-0.2, -0.15) is 0 Å². The molecule has 2 aliphatic rings. The van der Waals surface area contributed by atoms with Crippen molar-refractivity contribution in [1.82, 2.24) is 5.32 Å². The molecule has 1 N–H and O–H groups in total. The van der Waals surface area contributed by atoms with Crippen molar-refractivity contribution in [2.45, 2.75) is 50.7 Å². The lowest BCUT2D eigenvalue weighted by atomic mass is 9.96. The van der Waals surface area contributed by atoms with Gasteiger partial charge in [0, 0.05) is 28.3 Å². The summed E-state index contributed by atoms with van der Waals surface area (Å²) in [4.78, 5) is 2.66. The summed E-state index contributed by atoms with van der Waals surface area (Å²) in [5.41, 5.74) is 2.71. The fourth-order valence-electron chi connectivity index (χ4n) is 3.58. The van der Waals surface area contributed by atoms with Gasteiger partial charge in [0.25, 0.3) is 0 Å². The minimum Gasteiger partial charge on any atom is -0.365 e. The average Bonchev–Trinajstić information content (AvgIpc) is 2.64. The van der Waals surface area contributed by atoms with Gasteiger partial charge in [0.15, 0.2) is 0 Å². The molecule has 2 atom stereocenters. The van der Waals surface area contributed by atoms with Crippen LogP contribution in [0.2, 0.25) is 0 Å². The highest BCUT2D eigenvalue weighted by Gasteiger charge is 2.40. The van der Waals surface area contributed by atoms with E-state index in [0.717, 1.165) is 12.1 Å². The minimum atomic E-state index is 0.715. The molecular formula is C15H21BrN2. The van der Waals surface area contributed by atoms with Crippen LogP contribution in [0, 0.1) is 6.92 Å². The number of anilines is 1. The molecule has 0 aliphatic carbocycles. The Morgan fingerprint density at radius 1 is 1.22 bits per heavy atom. The lowest BCUT2D eigenvalue weighted by Gasteiger charge is -2.40. The molecule has 98 valence electrons. The Hall–Kier alpha value is -0.540. The van der Waals surface area contributed by atoms with Crippen LogP contribution in [0.5, 0.6) is 0 Å². The zero-order valence-corrected chi connectivity index (χ0v) is 12.7. The van der Waals surface area contributed by atoms with Gasteiger partial charge in [0.1, 0.15) is 0 Å². The molecule has 0 amide bonds. The van der Waals surface area contributed by atoms with E-state index in [2.05, 4.69) is 58.3 Å². The third-order valence-corrected chi connectivity index (χ3v) is 5.45. The summed E-state index contributed by atoms with van der Waals surface area (Å²) in [5.74, 6) is 0. The Balaban J connectivity index is 1.87. The molecule has 3 heteroatoms. The van der Waals surface area contributed by atoms with Crippen molar-refractivity contribution >= 4 is 21.6 Å². The van der Waals surface area contributed by atoms with Crippen molar-refractivity contribution in [3.63, 3.8) is 0 Å². The Kier molecular flexibility index (Phi) is 3.37. The van der Waals surface area contributed by atoms with Gasteiger partial charge in [-0.1, -0.05) is 22.0 Å². The van der Waals surface area contributed by atoms with Gasteiger partial charge in [-0.05, 0) is 57.4 Å². The zero-order valence-electron chi connectivity index (χ0n) is 11.1. The number of hydrogen-bond donors (Lipinski definition) is 1. The molecule has 3 rings (SSSR count). The topological polar surface area (TPSA) is 15.3 Å². The van der Waals surface area contributed by atoms with Crippen molar-refractivity contribution in [2.75, 3.05) is 11.9 Å². The first-order valence-electron chi connectivity index (χ1n) is 6.91. The van der Waals surface area contributed by atoms with Crippen LogP contribution in [0.15, 0.2) is 22.7 Å². The smallest absolute Gasteiger partial charge is 0.0382 e. The molecule has 0 radical (unpaired) electrons. The van der Waals surface area contributed by atoms with Crippen molar-refractivity contribution in [3.8, 4) is 0 Å². The Morgan fingerprint density at radius 3 is 2.44 bits per heavy atom. The van der Waals surface area contributed by atoms with Gasteiger partial charge >= 0.3 is 0 Å². The highest BCUT2D eigenvalue weighted by molar-refractivity contribution is 9.10. The normalized spacial score (nSPS) is 30.8. The Bertz CT molecular complexity index is 432. The van der Waals surface area contributed by atoms with Gasteiger partial charge in [-0.15, -0.1) is 0 Å². The minimum absolute atomic E-state index is 0.715. The molecule has 2 nitrogen and oxygen atoms in total. The van der Waals surface area contributed by atoms with Crippen molar-refractivity contribution in [2.24, 2.45) is 0 Å². The number of piperidine rings is 1. The van der Waals surface area contributed by atoms with E-state index in [0.29, 0.717) is 6.04 Å². The van der Waals surface area contributed by atoms with Crippen LogP contribution in [-0.2, 0) is 0 Å². The van der Waals surface area contributed by atoms with Gasteiger partial charge in [0.2, 0.25) is 0 Å². The van der Waals surface area contributed by atoms with Crippen LogP contribution in [-0.4, -0.2) is 25.2 Å². The summed E-state index contributed by atoms with van der Waals surface area (Å²) in [6.07, 6.45) is 5.29. The number of fused-ring (bicyclic) bond motifs is 2. The Labute approximate surface area is 118 Å². The van der Waals surface area contributed by atoms with Crippen LogP contribution in [0.3, 0.4) is 0 Å². The molecule has 2 saturated heterocycles. The number of nitrogens with one attached hydrogen (secondary N) is 1. The van der Waals surface area contributed by atoms with Crippen LogP contribution >= 0.6 is 15.9 Å². The number of aryl methyl sites for hydroxylation is 1. The second kappa shape index (κ2) is 4.86. The van der Waals surface area contributed by atoms with Gasteiger partial charge in [-0.3, -0.25) is 0 Å². The summed E-state index contributed by atoms with van der Waals surface area (Å²) in [5, 5.41) is 3.46. The van der Waals surface area contributed by atoms with Crippen molar-refractivity contribution < 1.29 is 0 Å². The number of nitrogens with zero attached hydrogens (tertiary/aromatic N) is 1. The fourth-order valence-corrected chi connectivity index (χ4v) is 3.94. The molecule has 18 heavy (non-hydrogen) atoms. The SMILES string of the molecule is CNC1CC2CCC(C1)N2c1ccc(C)c(Br)c1. The largest absolute Gasteiger partial charge is 0.365 e. The first kappa shape index (κ1) is 12.5. The average molecular weight is 309 g/mol. The summed E-state index contributed by atoms with van der Waals surface area (Å²) in [6.45, 7) is 2.15. The molecule has 1 aromatic rings. The predicted molar refractivity (Wildman–Crippen MR) is 80.2 cm³/mol. The molecule has 2 unspecified atom stereocenters. The van der Waals surface area contributed by atoms with E-state index < -0.39 is 0 Å². The summed E-state index contributed by atoms with van der Waals surface area (Å²) >= 11 is 3.66. The fraction of sp³-hybridized carbons (Fsp3) is 0.600. The third-order valence-electron chi connectivity index (χ3n) is 4.59. The Morgan fingerprint density at radius 2 is 1.89 bits per heavy atom. The van der Waals surface area contributed by atoms with E-state index in [4.69, 9.17) is 0 Å². The second-order valence-electron chi connectivity index (χ2n) is 5.68. The molecule has 2 heterocycles. The van der Waals surface area contributed by atoms with Gasteiger partial charge in [-0.25, -0.2) is 0 Å². The predicted octanol–water partition coefficient (Wildman–Crippen LogP) is 3.48. The maximum absolute atomic E-state index is 3.66. The number of rotatable bonds is 2. The number of halogens is 1. The van der Waals surface area contributed by atoms with Crippen molar-refractivity contribution in [1.29, 1.82) is 0 Å². The first-order chi connectivity index (χ1) is 8.69. The van der Waals surface area contributed by atoms with E-state index in [1.165, 1.54) is 41.4 Å². The van der Waals surface area contributed by atoms with E-state index >= 15 is 0 Å². The highest BCUT2D eigenvalue weighted by Crippen LogP contribution is 2.40. The number of benzene rings is 1. The van der Waals surface area contributed by atoms with E-state index in [-0.39, 0.29) is 0 Å². The van der Waals surface area contributed by atoms with Crippen LogP contribution < -0.4 is 10.2 Å². The highest BCUT2D eigenvalue weighted by atomic mass is 79.9. The standard InChI is InChI=1S/C15H21BrN2/c1-10-3-4-14(9-15(10)16)18-12-5-6-13(18)8-11(7-12)17-2/h3-4,9,11-13,17H,5-8H2,1-2H3. The summed E-state index contributed by atoms with van der Waals surface area (Å²) < 4.78 is 1.23. The summed E-state index contributed by atoms with van der Waals surface area (Å²) in [6, 6.07) is 8.98. The molecule has 2 bridgehead atoms. The van der Waals surface area contributed by atoms with Crippen LogP contribution in [0.1, 0.15) is 31.2 Å². The van der Waals surface area contributed by atoms with Crippen LogP contribution in [0.25, 0.3) is 0 Å². The molecule has 2 aliphatic heterocycles. The molecule has 0 saturated carbocycles. The maximum atomic E-state index is 3.66. The molecule has 0 aromatic heterocycles. The van der Waals surface area contributed by atoms with Crippen molar-refractivity contribution in [3.05, 3.63) is 28.2 Å². The zero-order chi connectivity index (χ0) is 12.7. The quantitative estimate of drug-likeness (QED) is 0.900. The first-order valence-corrected chi connectivity index (χ1v) is 7.70. The molecular weight excluding hydrogens is 288 g/mol. The monoisotopic (exact) mass is 308 g/mol. The third kappa shape index (κ3) is 2.08. The maximum Gasteiger partial charge on any atom is 0.0382 e. The molecule has 2 fully saturated rings. The number of hydrogen-bond acceptors (Lipinski definition) is 2. The lowest BCUT2D eigenvalue weighted by molar-refractivity contribution is 0.374. The molecule has 1 aromatic carbocycles. The van der Waals surface area contributed by atoms with Gasteiger partial charge < -0.3 is 10.2 Å². The van der Waals surface area contributed by atoms with E-state index in [9.17, 15) is 0 Å². The summed E-state index contributed by atoms with van der Waals surface area (Å²) in [7, 11) is 2.10. The molecule has 0 spiro atoms. The second-order valence-corrected chi connectivity index (χ2v) is 6.54. The lowest BCUT2D eigenvalue weighted by Crippen LogP contribution is -2.48. The van der Waals surface area contributed by atoms with Crippen LogP contribution in [0.4, 0.5) is 5.69 Å². The van der Waals surface area contributed by atoms with E-state index in [1.807, 2.05) is 0 Å². The van der Waals surface area contributed by atoms with Gasteiger partial charge in [0.05, 0.1) is 0 Å².